The molecule has 0 aromatic heterocycles. The third-order valence-corrected chi connectivity index (χ3v) is 1.92. The number of rotatable bonds is 2. The number of carbonyl (C=O) groups is 1. The van der Waals surface area contributed by atoms with Gasteiger partial charge in [-0.2, -0.15) is 0 Å². The molecule has 0 saturated carbocycles. The lowest BCUT2D eigenvalue weighted by Gasteiger charge is -2.05. The molecule has 1 aromatic rings. The first kappa shape index (κ1) is 10.4. The number of alkyl halides is 1. The predicted molar refractivity (Wildman–Crippen MR) is 55.4 cm³/mol. The molecule has 0 aliphatic carbocycles. The van der Waals surface area contributed by atoms with Crippen LogP contribution in [0, 0.1) is 0 Å². The largest absolute Gasteiger partial charge is 0.325 e. The highest BCUT2D eigenvalue weighted by atomic mass is 35.5. The van der Waals surface area contributed by atoms with Gasteiger partial charge in [0, 0.05) is 10.7 Å². The molecule has 1 N–H and O–H groups in total. The molecule has 2 nitrogen and oxygen atoms in total. The second-order valence-corrected chi connectivity index (χ2v) is 3.70. The number of hydrogen-bond acceptors (Lipinski definition) is 1. The number of anilines is 1. The Balaban J connectivity index is 2.65. The zero-order chi connectivity index (χ0) is 9.84. The normalized spacial score (nSPS) is 12.2. The van der Waals surface area contributed by atoms with Gasteiger partial charge in [-0.05, 0) is 31.2 Å². The third kappa shape index (κ3) is 3.25. The van der Waals surface area contributed by atoms with Crippen molar-refractivity contribution in [3.05, 3.63) is 29.3 Å². The number of halogens is 2. The van der Waals surface area contributed by atoms with Crippen LogP contribution in [0.4, 0.5) is 5.69 Å². The zero-order valence-corrected chi connectivity index (χ0v) is 8.56. The summed E-state index contributed by atoms with van der Waals surface area (Å²) in [6.07, 6.45) is 0. The van der Waals surface area contributed by atoms with Crippen LogP contribution in [0.2, 0.25) is 5.02 Å². The van der Waals surface area contributed by atoms with Crippen molar-refractivity contribution in [1.82, 2.24) is 0 Å². The van der Waals surface area contributed by atoms with Crippen LogP contribution >= 0.6 is 23.2 Å². The third-order valence-electron chi connectivity index (χ3n) is 1.47. The van der Waals surface area contributed by atoms with Gasteiger partial charge in [-0.15, -0.1) is 11.6 Å². The Morgan fingerprint density at radius 1 is 1.38 bits per heavy atom. The van der Waals surface area contributed by atoms with Crippen molar-refractivity contribution in [2.24, 2.45) is 0 Å². The summed E-state index contributed by atoms with van der Waals surface area (Å²) in [5, 5.41) is 2.74. The van der Waals surface area contributed by atoms with Crippen LogP contribution in [0.25, 0.3) is 0 Å². The second kappa shape index (κ2) is 4.49. The Hall–Kier alpha value is -0.730. The SMILES string of the molecule is C[C@@H](Cl)C(=O)Nc1ccc(Cl)cc1. The molecule has 0 unspecified atom stereocenters. The van der Waals surface area contributed by atoms with Crippen LogP contribution in [0.5, 0.6) is 0 Å². The molecular formula is C9H9Cl2NO. The van der Waals surface area contributed by atoms with E-state index in [2.05, 4.69) is 5.32 Å². The molecule has 0 heterocycles. The van der Waals surface area contributed by atoms with E-state index >= 15 is 0 Å². The average molecular weight is 218 g/mol. The average Bonchev–Trinajstić information content (AvgIpc) is 2.08. The molecule has 0 spiro atoms. The molecule has 13 heavy (non-hydrogen) atoms. The Morgan fingerprint density at radius 2 is 1.92 bits per heavy atom. The molecule has 1 amide bonds. The number of benzene rings is 1. The number of hydrogen-bond donors (Lipinski definition) is 1. The quantitative estimate of drug-likeness (QED) is 0.759. The molecular weight excluding hydrogens is 209 g/mol. The minimum Gasteiger partial charge on any atom is -0.325 e. The van der Waals surface area contributed by atoms with E-state index in [1.807, 2.05) is 0 Å². The standard InChI is InChI=1S/C9H9Cl2NO/c1-6(10)9(13)12-8-4-2-7(11)3-5-8/h2-6H,1H3,(H,12,13)/t6-/m1/s1. The van der Waals surface area contributed by atoms with Gasteiger partial charge >= 0.3 is 0 Å². The van der Waals surface area contributed by atoms with Crippen molar-refractivity contribution in [2.75, 3.05) is 5.32 Å². The molecule has 0 aliphatic rings. The van der Waals surface area contributed by atoms with Crippen LogP contribution in [0.1, 0.15) is 6.92 Å². The molecule has 1 aromatic carbocycles. The fraction of sp³-hybridized carbons (Fsp3) is 0.222. The van der Waals surface area contributed by atoms with Crippen molar-refractivity contribution in [3.63, 3.8) is 0 Å². The lowest BCUT2D eigenvalue weighted by atomic mass is 10.3. The summed E-state index contributed by atoms with van der Waals surface area (Å²) in [5.41, 5.74) is 0.696. The predicted octanol–water partition coefficient (Wildman–Crippen LogP) is 2.91. The van der Waals surface area contributed by atoms with Crippen molar-refractivity contribution in [2.45, 2.75) is 12.3 Å². The lowest BCUT2D eigenvalue weighted by molar-refractivity contribution is -0.115. The van der Waals surface area contributed by atoms with Crippen molar-refractivity contribution in [3.8, 4) is 0 Å². The van der Waals surface area contributed by atoms with Crippen molar-refractivity contribution < 1.29 is 4.79 Å². The van der Waals surface area contributed by atoms with E-state index in [0.29, 0.717) is 10.7 Å². The Kier molecular flexibility index (Phi) is 3.58. The molecule has 0 radical (unpaired) electrons. The summed E-state index contributed by atoms with van der Waals surface area (Å²) in [5.74, 6) is -0.219. The minimum absolute atomic E-state index is 0.219. The Morgan fingerprint density at radius 3 is 2.38 bits per heavy atom. The van der Waals surface area contributed by atoms with Crippen molar-refractivity contribution >= 4 is 34.8 Å². The molecule has 4 heteroatoms. The molecule has 0 fully saturated rings. The summed E-state index contributed by atoms with van der Waals surface area (Å²) in [4.78, 5) is 11.1. The zero-order valence-electron chi connectivity index (χ0n) is 7.05. The van der Waals surface area contributed by atoms with E-state index in [4.69, 9.17) is 23.2 Å². The highest BCUT2D eigenvalue weighted by molar-refractivity contribution is 6.32. The van der Waals surface area contributed by atoms with Crippen LogP contribution in [0.3, 0.4) is 0 Å². The first-order valence-corrected chi connectivity index (χ1v) is 4.61. The highest BCUT2D eigenvalue weighted by Crippen LogP contribution is 2.13. The fourth-order valence-electron chi connectivity index (χ4n) is 0.775. The van der Waals surface area contributed by atoms with Gasteiger partial charge in [0.25, 0.3) is 0 Å². The Bertz CT molecular complexity index is 295. The van der Waals surface area contributed by atoms with Crippen LogP contribution in [-0.4, -0.2) is 11.3 Å². The number of carbonyl (C=O) groups excluding carboxylic acids is 1. The van der Waals surface area contributed by atoms with Gasteiger partial charge in [0.05, 0.1) is 0 Å². The summed E-state index contributed by atoms with van der Waals surface area (Å²) in [6.45, 7) is 1.62. The maximum absolute atomic E-state index is 11.1. The summed E-state index contributed by atoms with van der Waals surface area (Å²) >= 11 is 11.2. The fourth-order valence-corrected chi connectivity index (χ4v) is 0.955. The molecule has 0 bridgehead atoms. The summed E-state index contributed by atoms with van der Waals surface area (Å²) < 4.78 is 0. The van der Waals surface area contributed by atoms with Gasteiger partial charge in [-0.25, -0.2) is 0 Å². The van der Waals surface area contributed by atoms with Gasteiger partial charge in [-0.3, -0.25) is 4.79 Å². The van der Waals surface area contributed by atoms with E-state index in [-0.39, 0.29) is 5.91 Å². The van der Waals surface area contributed by atoms with Crippen molar-refractivity contribution in [1.29, 1.82) is 0 Å². The molecule has 1 rings (SSSR count). The smallest absolute Gasteiger partial charge is 0.242 e. The van der Waals surface area contributed by atoms with Crippen LogP contribution in [-0.2, 0) is 4.79 Å². The lowest BCUT2D eigenvalue weighted by Crippen LogP contribution is -2.20. The monoisotopic (exact) mass is 217 g/mol. The van der Waals surface area contributed by atoms with E-state index < -0.39 is 5.38 Å². The molecule has 0 saturated heterocycles. The van der Waals surface area contributed by atoms with E-state index in [9.17, 15) is 4.79 Å². The van der Waals surface area contributed by atoms with E-state index in [1.165, 1.54) is 0 Å². The van der Waals surface area contributed by atoms with E-state index in [0.717, 1.165) is 0 Å². The summed E-state index contributed by atoms with van der Waals surface area (Å²) in [6, 6.07) is 6.85. The minimum atomic E-state index is -0.532. The first-order valence-electron chi connectivity index (χ1n) is 3.80. The Labute approximate surface area is 86.8 Å². The van der Waals surface area contributed by atoms with Crippen LogP contribution in [0.15, 0.2) is 24.3 Å². The summed E-state index contributed by atoms with van der Waals surface area (Å²) in [7, 11) is 0. The first-order chi connectivity index (χ1) is 6.09. The number of nitrogens with one attached hydrogen (secondary N) is 1. The van der Waals surface area contributed by atoms with Gasteiger partial charge in [0.1, 0.15) is 5.38 Å². The highest BCUT2D eigenvalue weighted by Gasteiger charge is 2.08. The molecule has 70 valence electrons. The maximum Gasteiger partial charge on any atom is 0.242 e. The molecule has 0 aliphatic heterocycles. The topological polar surface area (TPSA) is 29.1 Å². The van der Waals surface area contributed by atoms with Gasteiger partial charge in [-0.1, -0.05) is 11.6 Å². The second-order valence-electron chi connectivity index (χ2n) is 2.61. The van der Waals surface area contributed by atoms with Crippen LogP contribution < -0.4 is 5.32 Å². The van der Waals surface area contributed by atoms with Gasteiger partial charge < -0.3 is 5.32 Å². The maximum atomic E-state index is 11.1. The van der Waals surface area contributed by atoms with Gasteiger partial charge in [0.2, 0.25) is 5.91 Å². The number of amides is 1. The molecule has 1 atom stereocenters. The van der Waals surface area contributed by atoms with E-state index in [1.54, 1.807) is 31.2 Å². The van der Waals surface area contributed by atoms with Gasteiger partial charge in [0.15, 0.2) is 0 Å².